The first kappa shape index (κ1) is 18.7. The third-order valence-corrected chi connectivity index (χ3v) is 5.85. The van der Waals surface area contributed by atoms with Gasteiger partial charge in [0.1, 0.15) is 18.1 Å². The molecule has 138 valence electrons. The van der Waals surface area contributed by atoms with Crippen molar-refractivity contribution in [3.8, 4) is 5.75 Å². The summed E-state index contributed by atoms with van der Waals surface area (Å²) >= 11 is 1.52. The second-order valence-corrected chi connectivity index (χ2v) is 7.57. The zero-order valence-electron chi connectivity index (χ0n) is 15.2. The molecular formula is C20H25N3O2S. The first-order valence-corrected chi connectivity index (χ1v) is 10.0. The van der Waals surface area contributed by atoms with Crippen molar-refractivity contribution in [3.63, 3.8) is 0 Å². The fraction of sp³-hybridized carbons (Fsp3) is 0.450. The first-order chi connectivity index (χ1) is 12.7. The van der Waals surface area contributed by atoms with Gasteiger partial charge in [-0.3, -0.25) is 9.36 Å². The third kappa shape index (κ3) is 4.55. The predicted molar refractivity (Wildman–Crippen MR) is 103 cm³/mol. The van der Waals surface area contributed by atoms with Gasteiger partial charge in [-0.15, -0.1) is 16.8 Å². The topological polar surface area (TPSA) is 57.0 Å². The molecule has 0 radical (unpaired) electrons. The number of thioether (sulfide) groups is 1. The van der Waals surface area contributed by atoms with Crippen molar-refractivity contribution < 1.29 is 9.53 Å². The van der Waals surface area contributed by atoms with Crippen molar-refractivity contribution in [2.75, 3.05) is 0 Å². The van der Waals surface area contributed by atoms with E-state index in [1.165, 1.54) is 17.3 Å². The number of allylic oxidation sites excluding steroid dienone is 1. The van der Waals surface area contributed by atoms with Crippen LogP contribution >= 0.6 is 11.8 Å². The van der Waals surface area contributed by atoms with E-state index >= 15 is 0 Å². The summed E-state index contributed by atoms with van der Waals surface area (Å²) in [4.78, 5) is 12.1. The average Bonchev–Trinajstić information content (AvgIpc) is 3.04. The van der Waals surface area contributed by atoms with E-state index in [0.29, 0.717) is 25.4 Å². The number of rotatable bonds is 8. The number of hydrogen-bond donors (Lipinski definition) is 0. The van der Waals surface area contributed by atoms with Crippen LogP contribution in [0.5, 0.6) is 5.75 Å². The highest BCUT2D eigenvalue weighted by Crippen LogP contribution is 2.31. The lowest BCUT2D eigenvalue weighted by atomic mass is 9.99. The molecule has 0 spiro atoms. The SMILES string of the molecule is C=CCn1c(COc2ccc(CC)cc2)nnc1S[C@H]1CCCCC1=O. The molecular weight excluding hydrogens is 346 g/mol. The van der Waals surface area contributed by atoms with Crippen LogP contribution in [-0.2, 0) is 24.4 Å². The molecule has 1 fully saturated rings. The van der Waals surface area contributed by atoms with E-state index in [-0.39, 0.29) is 5.25 Å². The Bertz CT molecular complexity index is 755. The Balaban J connectivity index is 1.69. The fourth-order valence-corrected chi connectivity index (χ4v) is 4.18. The number of nitrogens with zero attached hydrogens (tertiary/aromatic N) is 3. The van der Waals surface area contributed by atoms with Crippen LogP contribution in [0.25, 0.3) is 0 Å². The maximum atomic E-state index is 12.1. The van der Waals surface area contributed by atoms with E-state index in [1.54, 1.807) is 0 Å². The van der Waals surface area contributed by atoms with Gasteiger partial charge in [0, 0.05) is 13.0 Å². The van der Waals surface area contributed by atoms with Gasteiger partial charge in [0.05, 0.1) is 5.25 Å². The summed E-state index contributed by atoms with van der Waals surface area (Å²) in [7, 11) is 0. The molecule has 0 bridgehead atoms. The lowest BCUT2D eigenvalue weighted by Crippen LogP contribution is -2.22. The van der Waals surface area contributed by atoms with E-state index < -0.39 is 0 Å². The van der Waals surface area contributed by atoms with Crippen LogP contribution in [0.3, 0.4) is 0 Å². The Kier molecular flexibility index (Phi) is 6.50. The van der Waals surface area contributed by atoms with Crippen molar-refractivity contribution in [2.24, 2.45) is 0 Å². The molecule has 1 aliphatic rings. The van der Waals surface area contributed by atoms with Crippen LogP contribution < -0.4 is 4.74 Å². The van der Waals surface area contributed by atoms with Gasteiger partial charge in [-0.25, -0.2) is 0 Å². The number of hydrogen-bond acceptors (Lipinski definition) is 5. The number of ether oxygens (including phenoxy) is 1. The molecule has 1 aromatic heterocycles. The van der Waals surface area contributed by atoms with Crippen LogP contribution in [0.2, 0.25) is 0 Å². The molecule has 0 saturated heterocycles. The van der Waals surface area contributed by atoms with Crippen molar-refractivity contribution >= 4 is 17.5 Å². The summed E-state index contributed by atoms with van der Waals surface area (Å²) in [6.07, 6.45) is 6.52. The minimum absolute atomic E-state index is 0.00753. The zero-order valence-corrected chi connectivity index (χ0v) is 16.0. The maximum Gasteiger partial charge on any atom is 0.192 e. The number of Topliss-reactive ketones (excluding diaryl/α,β-unsaturated/α-hetero) is 1. The van der Waals surface area contributed by atoms with Gasteiger partial charge in [-0.05, 0) is 37.0 Å². The Morgan fingerprint density at radius 3 is 2.81 bits per heavy atom. The standard InChI is InChI=1S/C20H25N3O2S/c1-3-13-23-19(14-25-16-11-9-15(4-2)10-12-16)21-22-20(23)26-18-8-6-5-7-17(18)24/h3,9-12,18H,1,4-8,13-14H2,2H3/t18-/m0/s1. The highest BCUT2D eigenvalue weighted by atomic mass is 32.2. The van der Waals surface area contributed by atoms with Gasteiger partial charge in [0.2, 0.25) is 0 Å². The normalized spacial score (nSPS) is 17.3. The molecule has 3 rings (SSSR count). The molecule has 1 atom stereocenters. The van der Waals surface area contributed by atoms with Gasteiger partial charge in [-0.2, -0.15) is 0 Å². The number of carbonyl (C=O) groups is 1. The van der Waals surface area contributed by atoms with Crippen LogP contribution in [-0.4, -0.2) is 25.8 Å². The minimum Gasteiger partial charge on any atom is -0.486 e. The van der Waals surface area contributed by atoms with Crippen LogP contribution in [0, 0.1) is 0 Å². The Morgan fingerprint density at radius 2 is 2.12 bits per heavy atom. The number of aryl methyl sites for hydroxylation is 1. The molecule has 0 aliphatic heterocycles. The largest absolute Gasteiger partial charge is 0.486 e. The van der Waals surface area contributed by atoms with Gasteiger partial charge in [0.25, 0.3) is 0 Å². The van der Waals surface area contributed by atoms with Crippen LogP contribution in [0.15, 0.2) is 42.1 Å². The van der Waals surface area contributed by atoms with E-state index in [1.807, 2.05) is 22.8 Å². The molecule has 1 saturated carbocycles. The first-order valence-electron chi connectivity index (χ1n) is 9.15. The number of benzene rings is 1. The summed E-state index contributed by atoms with van der Waals surface area (Å²) in [6, 6.07) is 8.09. The average molecular weight is 372 g/mol. The monoisotopic (exact) mass is 371 g/mol. The fourth-order valence-electron chi connectivity index (χ4n) is 3.00. The summed E-state index contributed by atoms with van der Waals surface area (Å²) in [5.74, 6) is 1.88. The quantitative estimate of drug-likeness (QED) is 0.651. The molecule has 0 N–H and O–H groups in total. The van der Waals surface area contributed by atoms with Gasteiger partial charge >= 0.3 is 0 Å². The molecule has 1 aromatic carbocycles. The Labute approximate surface area is 158 Å². The molecule has 6 heteroatoms. The van der Waals surface area contributed by atoms with Crippen molar-refractivity contribution in [1.82, 2.24) is 14.8 Å². The van der Waals surface area contributed by atoms with Crippen LogP contribution in [0.4, 0.5) is 0 Å². The van der Waals surface area contributed by atoms with E-state index in [9.17, 15) is 4.79 Å². The summed E-state index contributed by atoms with van der Waals surface area (Å²) in [5, 5.41) is 9.34. The summed E-state index contributed by atoms with van der Waals surface area (Å²) in [6.45, 7) is 6.89. The smallest absolute Gasteiger partial charge is 0.192 e. The van der Waals surface area contributed by atoms with Crippen molar-refractivity contribution in [2.45, 2.75) is 62.6 Å². The zero-order chi connectivity index (χ0) is 18.4. The number of aromatic nitrogens is 3. The molecule has 1 heterocycles. The predicted octanol–water partition coefficient (Wildman–Crippen LogP) is 4.21. The summed E-state index contributed by atoms with van der Waals surface area (Å²) < 4.78 is 7.86. The van der Waals surface area contributed by atoms with Crippen LogP contribution in [0.1, 0.15) is 44.0 Å². The molecule has 0 unspecified atom stereocenters. The van der Waals surface area contributed by atoms with Gasteiger partial charge in [0.15, 0.2) is 11.0 Å². The Morgan fingerprint density at radius 1 is 1.31 bits per heavy atom. The minimum atomic E-state index is -0.00753. The lowest BCUT2D eigenvalue weighted by molar-refractivity contribution is -0.119. The van der Waals surface area contributed by atoms with E-state index in [0.717, 1.165) is 42.4 Å². The van der Waals surface area contributed by atoms with E-state index in [2.05, 4.69) is 35.8 Å². The van der Waals surface area contributed by atoms with Crippen molar-refractivity contribution in [1.29, 1.82) is 0 Å². The molecule has 2 aromatic rings. The van der Waals surface area contributed by atoms with Gasteiger partial charge < -0.3 is 4.74 Å². The second kappa shape index (κ2) is 9.03. The molecule has 0 amide bonds. The maximum absolute atomic E-state index is 12.1. The molecule has 1 aliphatic carbocycles. The Hall–Kier alpha value is -2.08. The second-order valence-electron chi connectivity index (χ2n) is 6.40. The highest BCUT2D eigenvalue weighted by molar-refractivity contribution is 8.00. The lowest BCUT2D eigenvalue weighted by Gasteiger charge is -2.19. The highest BCUT2D eigenvalue weighted by Gasteiger charge is 2.26. The number of carbonyl (C=O) groups excluding carboxylic acids is 1. The van der Waals surface area contributed by atoms with E-state index in [4.69, 9.17) is 4.74 Å². The third-order valence-electron chi connectivity index (χ3n) is 4.55. The molecule has 26 heavy (non-hydrogen) atoms. The molecule has 5 nitrogen and oxygen atoms in total. The van der Waals surface area contributed by atoms with Gasteiger partial charge in [-0.1, -0.05) is 43.3 Å². The van der Waals surface area contributed by atoms with Crippen molar-refractivity contribution in [3.05, 3.63) is 48.3 Å². The number of ketones is 1. The summed E-state index contributed by atoms with van der Waals surface area (Å²) in [5.41, 5.74) is 1.28.